The van der Waals surface area contributed by atoms with Gasteiger partial charge in [0.15, 0.2) is 0 Å². The van der Waals surface area contributed by atoms with Crippen molar-refractivity contribution < 1.29 is 9.53 Å². The van der Waals surface area contributed by atoms with Crippen molar-refractivity contribution in [2.45, 2.75) is 109 Å². The van der Waals surface area contributed by atoms with Gasteiger partial charge in [0.1, 0.15) is 5.60 Å². The van der Waals surface area contributed by atoms with Gasteiger partial charge in [0.05, 0.1) is 0 Å². The topological polar surface area (TPSA) is 67.6 Å². The molecule has 146 valence electrons. The monoisotopic (exact) mass is 353 g/mol. The molecule has 0 unspecified atom stereocenters. The molecule has 0 aromatic heterocycles. The Labute approximate surface area is 154 Å². The van der Waals surface area contributed by atoms with Crippen LogP contribution in [0.25, 0.3) is 0 Å². The quantitative estimate of drug-likeness (QED) is 0.713. The Morgan fingerprint density at radius 2 is 1.72 bits per heavy atom. The van der Waals surface area contributed by atoms with Crippen LogP contribution in [-0.4, -0.2) is 47.8 Å². The van der Waals surface area contributed by atoms with E-state index in [2.05, 4.69) is 5.32 Å². The van der Waals surface area contributed by atoms with Crippen LogP contribution < -0.4 is 11.1 Å². The van der Waals surface area contributed by atoms with Gasteiger partial charge in [0.25, 0.3) is 0 Å². The lowest BCUT2D eigenvalue weighted by Gasteiger charge is -2.36. The van der Waals surface area contributed by atoms with Crippen molar-refractivity contribution in [2.24, 2.45) is 5.73 Å². The SMILES string of the molecule is CC(C)(C)OC(=O)N(CCCN[C@H]1CC[C@H](N)CC1)C1CCCCC1. The normalized spacial score (nSPS) is 25.6. The molecule has 0 atom stereocenters. The van der Waals surface area contributed by atoms with Gasteiger partial charge >= 0.3 is 6.09 Å². The van der Waals surface area contributed by atoms with E-state index in [0.717, 1.165) is 45.2 Å². The molecule has 2 aliphatic rings. The predicted octanol–water partition coefficient (Wildman–Crippen LogP) is 3.81. The summed E-state index contributed by atoms with van der Waals surface area (Å²) in [6.45, 7) is 7.59. The molecule has 5 nitrogen and oxygen atoms in total. The van der Waals surface area contributed by atoms with Crippen molar-refractivity contribution >= 4 is 6.09 Å². The zero-order chi connectivity index (χ0) is 18.3. The van der Waals surface area contributed by atoms with Gasteiger partial charge in [0, 0.05) is 24.7 Å². The first-order chi connectivity index (χ1) is 11.8. The van der Waals surface area contributed by atoms with Crippen molar-refractivity contribution in [3.8, 4) is 0 Å². The summed E-state index contributed by atoms with van der Waals surface area (Å²) in [4.78, 5) is 14.7. The summed E-state index contributed by atoms with van der Waals surface area (Å²) in [5.41, 5.74) is 5.54. The van der Waals surface area contributed by atoms with Crippen molar-refractivity contribution in [3.63, 3.8) is 0 Å². The van der Waals surface area contributed by atoms with Gasteiger partial charge in [-0.2, -0.15) is 0 Å². The largest absolute Gasteiger partial charge is 0.444 e. The van der Waals surface area contributed by atoms with E-state index in [1.807, 2.05) is 25.7 Å². The Morgan fingerprint density at radius 1 is 1.08 bits per heavy atom. The third-order valence-electron chi connectivity index (χ3n) is 5.42. The molecule has 25 heavy (non-hydrogen) atoms. The van der Waals surface area contributed by atoms with Crippen LogP contribution in [0.4, 0.5) is 4.79 Å². The maximum atomic E-state index is 12.7. The van der Waals surface area contributed by atoms with Gasteiger partial charge in [-0.25, -0.2) is 4.79 Å². The van der Waals surface area contributed by atoms with E-state index in [1.165, 1.54) is 32.1 Å². The smallest absolute Gasteiger partial charge is 0.410 e. The Bertz CT molecular complexity index is 394. The zero-order valence-corrected chi connectivity index (χ0v) is 16.6. The fourth-order valence-electron chi connectivity index (χ4n) is 4.02. The molecule has 0 bridgehead atoms. The molecule has 2 aliphatic carbocycles. The van der Waals surface area contributed by atoms with Crippen LogP contribution in [-0.2, 0) is 4.74 Å². The lowest BCUT2D eigenvalue weighted by atomic mass is 9.92. The van der Waals surface area contributed by atoms with Crippen LogP contribution in [0.5, 0.6) is 0 Å². The van der Waals surface area contributed by atoms with Crippen LogP contribution in [0.2, 0.25) is 0 Å². The lowest BCUT2D eigenvalue weighted by molar-refractivity contribution is 0.0119. The van der Waals surface area contributed by atoms with Crippen LogP contribution >= 0.6 is 0 Å². The fourth-order valence-corrected chi connectivity index (χ4v) is 4.02. The first-order valence-corrected chi connectivity index (χ1v) is 10.3. The number of nitrogens with one attached hydrogen (secondary N) is 1. The van der Waals surface area contributed by atoms with Crippen LogP contribution in [0, 0.1) is 0 Å². The lowest BCUT2D eigenvalue weighted by Crippen LogP contribution is -2.45. The van der Waals surface area contributed by atoms with Crippen molar-refractivity contribution in [1.29, 1.82) is 0 Å². The second kappa shape index (κ2) is 9.77. The third kappa shape index (κ3) is 7.53. The Balaban J connectivity index is 1.78. The molecule has 1 amide bonds. The van der Waals surface area contributed by atoms with E-state index >= 15 is 0 Å². The summed E-state index contributed by atoms with van der Waals surface area (Å²) in [6.07, 6.45) is 11.5. The molecule has 2 fully saturated rings. The summed E-state index contributed by atoms with van der Waals surface area (Å²) in [5.74, 6) is 0. The van der Waals surface area contributed by atoms with E-state index < -0.39 is 5.60 Å². The summed E-state index contributed by atoms with van der Waals surface area (Å²) >= 11 is 0. The minimum atomic E-state index is -0.427. The second-order valence-corrected chi connectivity index (χ2v) is 8.88. The molecule has 0 aliphatic heterocycles. The Hall–Kier alpha value is -0.810. The number of carbonyl (C=O) groups is 1. The average molecular weight is 354 g/mol. The highest BCUT2D eigenvalue weighted by atomic mass is 16.6. The average Bonchev–Trinajstić information content (AvgIpc) is 2.55. The van der Waals surface area contributed by atoms with Crippen molar-refractivity contribution in [1.82, 2.24) is 10.2 Å². The van der Waals surface area contributed by atoms with Gasteiger partial charge in [-0.05, 0) is 72.3 Å². The van der Waals surface area contributed by atoms with Gasteiger partial charge in [-0.1, -0.05) is 19.3 Å². The minimum absolute atomic E-state index is 0.136. The van der Waals surface area contributed by atoms with Crippen LogP contribution in [0.15, 0.2) is 0 Å². The molecule has 2 saturated carbocycles. The van der Waals surface area contributed by atoms with Crippen LogP contribution in [0.1, 0.15) is 85.0 Å². The third-order valence-corrected chi connectivity index (χ3v) is 5.42. The molecule has 0 spiro atoms. The van der Waals surface area contributed by atoms with E-state index in [0.29, 0.717) is 18.1 Å². The number of nitrogens with two attached hydrogens (primary N) is 1. The highest BCUT2D eigenvalue weighted by molar-refractivity contribution is 5.68. The Morgan fingerprint density at radius 3 is 2.32 bits per heavy atom. The number of hydrogen-bond acceptors (Lipinski definition) is 4. The van der Waals surface area contributed by atoms with E-state index in [1.54, 1.807) is 0 Å². The molecule has 0 aromatic rings. The summed E-state index contributed by atoms with van der Waals surface area (Å²) < 4.78 is 5.66. The molecule has 0 saturated heterocycles. The predicted molar refractivity (Wildman–Crippen MR) is 103 cm³/mol. The minimum Gasteiger partial charge on any atom is -0.444 e. The first-order valence-electron chi connectivity index (χ1n) is 10.3. The molecule has 0 radical (unpaired) electrons. The maximum absolute atomic E-state index is 12.7. The highest BCUT2D eigenvalue weighted by Crippen LogP contribution is 2.24. The Kier molecular flexibility index (Phi) is 8.01. The molecule has 0 heterocycles. The molecular weight excluding hydrogens is 314 g/mol. The zero-order valence-electron chi connectivity index (χ0n) is 16.6. The fraction of sp³-hybridized carbons (Fsp3) is 0.950. The van der Waals surface area contributed by atoms with E-state index in [-0.39, 0.29) is 6.09 Å². The first kappa shape index (κ1) is 20.5. The molecule has 2 rings (SSSR count). The van der Waals surface area contributed by atoms with E-state index in [9.17, 15) is 4.79 Å². The maximum Gasteiger partial charge on any atom is 0.410 e. The van der Waals surface area contributed by atoms with Gasteiger partial charge < -0.3 is 20.7 Å². The highest BCUT2D eigenvalue weighted by Gasteiger charge is 2.29. The number of ether oxygens (including phenoxy) is 1. The van der Waals surface area contributed by atoms with Gasteiger partial charge in [-0.15, -0.1) is 0 Å². The number of amides is 1. The summed E-state index contributed by atoms with van der Waals surface area (Å²) in [7, 11) is 0. The molecular formula is C20H39N3O2. The standard InChI is InChI=1S/C20H39N3O2/c1-20(2,3)25-19(24)23(18-8-5-4-6-9-18)15-7-14-22-17-12-10-16(21)11-13-17/h16-18,22H,4-15,21H2,1-3H3/t16-,17-. The number of carbonyl (C=O) groups excluding carboxylic acids is 1. The number of rotatable bonds is 6. The second-order valence-electron chi connectivity index (χ2n) is 8.88. The van der Waals surface area contributed by atoms with Gasteiger partial charge in [0.2, 0.25) is 0 Å². The van der Waals surface area contributed by atoms with E-state index in [4.69, 9.17) is 10.5 Å². The number of nitrogens with zero attached hydrogens (tertiary/aromatic N) is 1. The molecule has 5 heteroatoms. The number of hydrogen-bond donors (Lipinski definition) is 2. The molecule has 3 N–H and O–H groups in total. The summed E-state index contributed by atoms with van der Waals surface area (Å²) in [6, 6.07) is 1.35. The van der Waals surface area contributed by atoms with Crippen LogP contribution in [0.3, 0.4) is 0 Å². The summed E-state index contributed by atoms with van der Waals surface area (Å²) in [5, 5.41) is 3.65. The van der Waals surface area contributed by atoms with Crippen molar-refractivity contribution in [3.05, 3.63) is 0 Å². The van der Waals surface area contributed by atoms with Crippen molar-refractivity contribution in [2.75, 3.05) is 13.1 Å². The van der Waals surface area contributed by atoms with Gasteiger partial charge in [-0.3, -0.25) is 0 Å². The molecule has 0 aromatic carbocycles.